The highest BCUT2D eigenvalue weighted by Crippen LogP contribution is 2.39. The molecule has 1 atom stereocenters. The van der Waals surface area contributed by atoms with E-state index in [1.807, 2.05) is 17.0 Å². The molecule has 2 rings (SSSR count). The lowest BCUT2D eigenvalue weighted by molar-refractivity contribution is 0.276. The first kappa shape index (κ1) is 8.78. The van der Waals surface area contributed by atoms with Gasteiger partial charge < -0.3 is 15.4 Å². The molecule has 1 saturated carbocycles. The maximum atomic E-state index is 8.74. The van der Waals surface area contributed by atoms with E-state index < -0.39 is 0 Å². The molecule has 72 valence electrons. The molecule has 13 heavy (non-hydrogen) atoms. The van der Waals surface area contributed by atoms with Gasteiger partial charge in [-0.05, 0) is 30.4 Å². The molecule has 0 amide bonds. The van der Waals surface area contributed by atoms with E-state index in [0.29, 0.717) is 12.5 Å². The number of hydrogen-bond acceptors (Lipinski definition) is 2. The van der Waals surface area contributed by atoms with Gasteiger partial charge in [0.25, 0.3) is 0 Å². The first-order chi connectivity index (χ1) is 6.31. The highest BCUT2D eigenvalue weighted by atomic mass is 16.3. The number of aliphatic hydroxyl groups excluding tert-OH is 1. The summed E-state index contributed by atoms with van der Waals surface area (Å²) in [5, 5.41) is 8.74. The van der Waals surface area contributed by atoms with Crippen LogP contribution in [-0.2, 0) is 6.54 Å². The third kappa shape index (κ3) is 1.92. The zero-order valence-corrected chi connectivity index (χ0v) is 7.69. The molecule has 1 aromatic rings. The molecule has 3 N–H and O–H groups in total. The average molecular weight is 180 g/mol. The van der Waals surface area contributed by atoms with Gasteiger partial charge in [-0.3, -0.25) is 0 Å². The Kier molecular flexibility index (Phi) is 2.38. The van der Waals surface area contributed by atoms with Crippen LogP contribution in [0.25, 0.3) is 0 Å². The highest BCUT2D eigenvalue weighted by molar-refractivity contribution is 5.17. The maximum absolute atomic E-state index is 8.74. The Morgan fingerprint density at radius 2 is 2.38 bits per heavy atom. The van der Waals surface area contributed by atoms with Gasteiger partial charge in [-0.1, -0.05) is 0 Å². The van der Waals surface area contributed by atoms with Crippen LogP contribution in [0.1, 0.15) is 24.4 Å². The first-order valence-corrected chi connectivity index (χ1v) is 4.83. The SMILES string of the molecule is NC(c1ccn(CCO)c1)C1CC1. The van der Waals surface area contributed by atoms with Crippen molar-refractivity contribution in [3.05, 3.63) is 24.0 Å². The van der Waals surface area contributed by atoms with Crippen molar-refractivity contribution >= 4 is 0 Å². The molecule has 1 unspecified atom stereocenters. The second kappa shape index (κ2) is 3.52. The lowest BCUT2D eigenvalue weighted by atomic mass is 10.1. The molecule has 0 bridgehead atoms. The van der Waals surface area contributed by atoms with Gasteiger partial charge in [0, 0.05) is 25.0 Å². The van der Waals surface area contributed by atoms with Crippen LogP contribution in [0.2, 0.25) is 0 Å². The van der Waals surface area contributed by atoms with Crippen molar-refractivity contribution in [2.24, 2.45) is 11.7 Å². The van der Waals surface area contributed by atoms with E-state index in [1.54, 1.807) is 0 Å². The van der Waals surface area contributed by atoms with Crippen LogP contribution in [0.15, 0.2) is 18.5 Å². The van der Waals surface area contributed by atoms with Crippen LogP contribution in [-0.4, -0.2) is 16.3 Å². The Hall–Kier alpha value is -0.800. The van der Waals surface area contributed by atoms with Crippen LogP contribution < -0.4 is 5.73 Å². The second-order valence-corrected chi connectivity index (χ2v) is 3.77. The van der Waals surface area contributed by atoms with Gasteiger partial charge in [0.1, 0.15) is 0 Å². The summed E-state index contributed by atoms with van der Waals surface area (Å²) < 4.78 is 1.98. The van der Waals surface area contributed by atoms with Crippen molar-refractivity contribution in [1.82, 2.24) is 4.57 Å². The molecule has 0 aliphatic heterocycles. The molecule has 3 nitrogen and oxygen atoms in total. The van der Waals surface area contributed by atoms with Gasteiger partial charge in [-0.15, -0.1) is 0 Å². The molecular weight excluding hydrogens is 164 g/mol. The third-order valence-corrected chi connectivity index (χ3v) is 2.65. The number of aromatic nitrogens is 1. The number of aliphatic hydroxyl groups is 1. The van der Waals surface area contributed by atoms with Crippen molar-refractivity contribution in [2.45, 2.75) is 25.4 Å². The predicted molar refractivity (Wildman–Crippen MR) is 51.2 cm³/mol. The highest BCUT2D eigenvalue weighted by Gasteiger charge is 2.29. The number of hydrogen-bond donors (Lipinski definition) is 2. The van der Waals surface area contributed by atoms with Gasteiger partial charge in [0.15, 0.2) is 0 Å². The molecule has 1 heterocycles. The van der Waals surface area contributed by atoms with Crippen LogP contribution in [0.3, 0.4) is 0 Å². The van der Waals surface area contributed by atoms with Gasteiger partial charge >= 0.3 is 0 Å². The molecule has 0 radical (unpaired) electrons. The summed E-state index contributed by atoms with van der Waals surface area (Å²) in [6, 6.07) is 2.26. The summed E-state index contributed by atoms with van der Waals surface area (Å²) >= 11 is 0. The quantitative estimate of drug-likeness (QED) is 0.723. The summed E-state index contributed by atoms with van der Waals surface area (Å²) in [6.07, 6.45) is 6.56. The number of nitrogens with zero attached hydrogens (tertiary/aromatic N) is 1. The smallest absolute Gasteiger partial charge is 0.0610 e. The molecule has 0 saturated heterocycles. The Balaban J connectivity index is 2.03. The fourth-order valence-electron chi connectivity index (χ4n) is 1.64. The summed E-state index contributed by atoms with van der Waals surface area (Å²) in [5.74, 6) is 0.699. The number of rotatable bonds is 4. The second-order valence-electron chi connectivity index (χ2n) is 3.77. The van der Waals surface area contributed by atoms with Crippen LogP contribution in [0.5, 0.6) is 0 Å². The molecule has 3 heteroatoms. The minimum Gasteiger partial charge on any atom is -0.395 e. The fraction of sp³-hybridized carbons (Fsp3) is 0.600. The van der Waals surface area contributed by atoms with Gasteiger partial charge in [0.2, 0.25) is 0 Å². The van der Waals surface area contributed by atoms with Gasteiger partial charge in [0.05, 0.1) is 6.61 Å². The molecule has 1 aliphatic rings. The third-order valence-electron chi connectivity index (χ3n) is 2.65. The fourth-order valence-corrected chi connectivity index (χ4v) is 1.64. The van der Waals surface area contributed by atoms with Crippen molar-refractivity contribution in [1.29, 1.82) is 0 Å². The van der Waals surface area contributed by atoms with E-state index in [1.165, 1.54) is 18.4 Å². The Morgan fingerprint density at radius 1 is 1.62 bits per heavy atom. The Bertz CT molecular complexity index is 278. The van der Waals surface area contributed by atoms with Crippen LogP contribution in [0, 0.1) is 5.92 Å². The molecule has 1 aliphatic carbocycles. The largest absolute Gasteiger partial charge is 0.395 e. The molecule has 0 spiro atoms. The predicted octanol–water partition coefficient (Wildman–Crippen LogP) is 0.890. The monoisotopic (exact) mass is 180 g/mol. The minimum atomic E-state index is 0.187. The van der Waals surface area contributed by atoms with E-state index in [9.17, 15) is 0 Å². The molecule has 1 fully saturated rings. The normalized spacial score (nSPS) is 18.9. The zero-order valence-electron chi connectivity index (χ0n) is 7.69. The Labute approximate surface area is 78.2 Å². The summed E-state index contributed by atoms with van der Waals surface area (Å²) in [6.45, 7) is 0.851. The molecular formula is C10H16N2O. The van der Waals surface area contributed by atoms with E-state index in [2.05, 4.69) is 6.07 Å². The van der Waals surface area contributed by atoms with Crippen LogP contribution >= 0.6 is 0 Å². The lowest BCUT2D eigenvalue weighted by Gasteiger charge is -2.06. The summed E-state index contributed by atoms with van der Waals surface area (Å²) in [7, 11) is 0. The van der Waals surface area contributed by atoms with Crippen molar-refractivity contribution in [2.75, 3.05) is 6.61 Å². The van der Waals surface area contributed by atoms with Crippen molar-refractivity contribution in [3.8, 4) is 0 Å². The lowest BCUT2D eigenvalue weighted by Crippen LogP contribution is -2.11. The minimum absolute atomic E-state index is 0.187. The Morgan fingerprint density at radius 3 is 3.00 bits per heavy atom. The van der Waals surface area contributed by atoms with Gasteiger partial charge in [-0.25, -0.2) is 0 Å². The van der Waals surface area contributed by atoms with Crippen molar-refractivity contribution < 1.29 is 5.11 Å². The van der Waals surface area contributed by atoms with E-state index in [-0.39, 0.29) is 12.6 Å². The topological polar surface area (TPSA) is 51.2 Å². The molecule has 0 aromatic carbocycles. The summed E-state index contributed by atoms with van der Waals surface area (Å²) in [5.41, 5.74) is 7.24. The maximum Gasteiger partial charge on any atom is 0.0610 e. The average Bonchev–Trinajstić information content (AvgIpc) is 2.87. The van der Waals surface area contributed by atoms with Gasteiger partial charge in [-0.2, -0.15) is 0 Å². The summed E-state index contributed by atoms with van der Waals surface area (Å²) in [4.78, 5) is 0. The molecule has 1 aromatic heterocycles. The van der Waals surface area contributed by atoms with E-state index in [0.717, 1.165) is 0 Å². The standard InChI is InChI=1S/C10H16N2O/c11-10(8-1-2-8)9-3-4-12(7-9)5-6-13/h3-4,7-8,10,13H,1-2,5-6,11H2. The first-order valence-electron chi connectivity index (χ1n) is 4.83. The number of nitrogens with two attached hydrogens (primary N) is 1. The van der Waals surface area contributed by atoms with E-state index in [4.69, 9.17) is 10.8 Å². The van der Waals surface area contributed by atoms with Crippen molar-refractivity contribution in [3.63, 3.8) is 0 Å². The van der Waals surface area contributed by atoms with Crippen LogP contribution in [0.4, 0.5) is 0 Å². The van der Waals surface area contributed by atoms with E-state index >= 15 is 0 Å². The zero-order chi connectivity index (χ0) is 9.26.